The van der Waals surface area contributed by atoms with Gasteiger partial charge in [-0.05, 0) is 48.4 Å². The van der Waals surface area contributed by atoms with Gasteiger partial charge in [0.1, 0.15) is 11.9 Å². The number of carbonyl (C=O) groups is 1. The second-order valence-corrected chi connectivity index (χ2v) is 7.39. The fourth-order valence-corrected chi connectivity index (χ4v) is 4.28. The molecule has 126 valence electrons. The van der Waals surface area contributed by atoms with Crippen LogP contribution in [0.1, 0.15) is 49.5 Å². The van der Waals surface area contributed by atoms with E-state index in [1.54, 1.807) is 6.07 Å². The first-order chi connectivity index (χ1) is 11.0. The molecule has 4 nitrogen and oxygen atoms in total. The van der Waals surface area contributed by atoms with Gasteiger partial charge < -0.3 is 15.2 Å². The van der Waals surface area contributed by atoms with Gasteiger partial charge in [0.05, 0.1) is 12.2 Å². The summed E-state index contributed by atoms with van der Waals surface area (Å²) in [6.07, 6.45) is 2.53. The van der Waals surface area contributed by atoms with Gasteiger partial charge in [-0.3, -0.25) is 0 Å². The average Bonchev–Trinajstić information content (AvgIpc) is 2.93. The number of hydrogen-bond acceptors (Lipinski definition) is 4. The minimum atomic E-state index is -0.239. The monoisotopic (exact) mass is 317 g/mol. The number of fused-ring (bicyclic) bond motifs is 1. The Kier molecular flexibility index (Phi) is 4.62. The predicted molar refractivity (Wildman–Crippen MR) is 89.5 cm³/mol. The van der Waals surface area contributed by atoms with Crippen molar-refractivity contribution in [1.29, 1.82) is 0 Å². The molecule has 1 aliphatic carbocycles. The van der Waals surface area contributed by atoms with E-state index in [4.69, 9.17) is 15.2 Å². The molecule has 0 radical (unpaired) electrons. The minimum Gasteiger partial charge on any atom is -0.493 e. The Morgan fingerprint density at radius 2 is 2.13 bits per heavy atom. The molecule has 1 aliphatic heterocycles. The number of carbonyl (C=O) groups excluding carboxylic acids is 1. The molecule has 1 aromatic rings. The zero-order valence-electron chi connectivity index (χ0n) is 14.2. The molecule has 4 atom stereocenters. The zero-order chi connectivity index (χ0) is 16.6. The maximum absolute atomic E-state index is 12.6. The van der Waals surface area contributed by atoms with Gasteiger partial charge in [-0.1, -0.05) is 20.8 Å². The standard InChI is InChI=1S/C19H27NO3/c1-11(2)18-12(3)8-15(20)10-17(18)23-19(21)14-4-5-16-13(9-14)6-7-22-16/h4-5,9,11-12,15,17-18H,6-8,10,20H2,1-3H3/t12-,15-,17?,18+/m1/s1. The van der Waals surface area contributed by atoms with Crippen molar-refractivity contribution >= 4 is 5.97 Å². The largest absolute Gasteiger partial charge is 0.493 e. The van der Waals surface area contributed by atoms with Crippen molar-refractivity contribution in [1.82, 2.24) is 0 Å². The highest BCUT2D eigenvalue weighted by Gasteiger charge is 2.38. The van der Waals surface area contributed by atoms with Crippen LogP contribution in [0.2, 0.25) is 0 Å². The zero-order valence-corrected chi connectivity index (χ0v) is 14.2. The third kappa shape index (κ3) is 3.37. The Bertz CT molecular complexity index is 584. The van der Waals surface area contributed by atoms with E-state index in [0.717, 1.165) is 30.6 Å². The molecule has 1 heterocycles. The molecule has 0 bridgehead atoms. The molecular weight excluding hydrogens is 290 g/mol. The third-order valence-corrected chi connectivity index (χ3v) is 5.25. The summed E-state index contributed by atoms with van der Waals surface area (Å²) < 4.78 is 11.4. The average molecular weight is 317 g/mol. The number of ether oxygens (including phenoxy) is 2. The van der Waals surface area contributed by atoms with E-state index in [9.17, 15) is 4.79 Å². The summed E-state index contributed by atoms with van der Waals surface area (Å²) in [4.78, 5) is 12.6. The van der Waals surface area contributed by atoms with Gasteiger partial charge in [0, 0.05) is 18.4 Å². The molecule has 4 heteroatoms. The van der Waals surface area contributed by atoms with Crippen LogP contribution in [-0.2, 0) is 11.2 Å². The Morgan fingerprint density at radius 3 is 2.87 bits per heavy atom. The van der Waals surface area contributed by atoms with Crippen LogP contribution in [-0.4, -0.2) is 24.7 Å². The van der Waals surface area contributed by atoms with Crippen LogP contribution < -0.4 is 10.5 Å². The van der Waals surface area contributed by atoms with Crippen molar-refractivity contribution in [3.63, 3.8) is 0 Å². The van der Waals surface area contributed by atoms with Crippen molar-refractivity contribution in [2.45, 2.75) is 52.2 Å². The van der Waals surface area contributed by atoms with Gasteiger partial charge in [-0.25, -0.2) is 4.79 Å². The van der Waals surface area contributed by atoms with E-state index in [2.05, 4.69) is 20.8 Å². The molecule has 0 amide bonds. The maximum Gasteiger partial charge on any atom is 0.338 e. The van der Waals surface area contributed by atoms with Gasteiger partial charge in [0.2, 0.25) is 0 Å². The lowest BCUT2D eigenvalue weighted by Gasteiger charge is -2.41. The summed E-state index contributed by atoms with van der Waals surface area (Å²) >= 11 is 0. The maximum atomic E-state index is 12.6. The summed E-state index contributed by atoms with van der Waals surface area (Å²) in [5.41, 5.74) is 7.86. The SMILES string of the molecule is CC(C)[C@@H]1C(OC(=O)c2ccc3c(c2)CCO3)C[C@H](N)C[C@H]1C. The fourth-order valence-electron chi connectivity index (χ4n) is 4.28. The van der Waals surface area contributed by atoms with E-state index < -0.39 is 0 Å². The molecule has 23 heavy (non-hydrogen) atoms. The Morgan fingerprint density at radius 1 is 1.35 bits per heavy atom. The molecule has 1 aromatic carbocycles. The van der Waals surface area contributed by atoms with Crippen LogP contribution in [0.25, 0.3) is 0 Å². The van der Waals surface area contributed by atoms with Crippen LogP contribution in [0.4, 0.5) is 0 Å². The summed E-state index contributed by atoms with van der Waals surface area (Å²) in [5.74, 6) is 1.97. The number of nitrogens with two attached hydrogens (primary N) is 1. The number of rotatable bonds is 3. The lowest BCUT2D eigenvalue weighted by Crippen LogP contribution is -2.45. The van der Waals surface area contributed by atoms with E-state index >= 15 is 0 Å². The summed E-state index contributed by atoms with van der Waals surface area (Å²) in [7, 11) is 0. The van der Waals surface area contributed by atoms with Crippen LogP contribution in [0, 0.1) is 17.8 Å². The molecule has 2 N–H and O–H groups in total. The quantitative estimate of drug-likeness (QED) is 0.870. The Balaban J connectivity index is 1.75. The van der Waals surface area contributed by atoms with Gasteiger partial charge in [0.15, 0.2) is 0 Å². The number of benzene rings is 1. The molecule has 2 aliphatic rings. The molecule has 0 spiro atoms. The van der Waals surface area contributed by atoms with Crippen molar-refractivity contribution in [2.24, 2.45) is 23.5 Å². The summed E-state index contributed by atoms with van der Waals surface area (Å²) in [5, 5.41) is 0. The van der Waals surface area contributed by atoms with E-state index in [-0.39, 0.29) is 18.1 Å². The highest BCUT2D eigenvalue weighted by Crippen LogP contribution is 2.37. The first-order valence-corrected chi connectivity index (χ1v) is 8.68. The highest BCUT2D eigenvalue weighted by atomic mass is 16.5. The Hall–Kier alpha value is -1.55. The van der Waals surface area contributed by atoms with Crippen LogP contribution >= 0.6 is 0 Å². The number of esters is 1. The topological polar surface area (TPSA) is 61.5 Å². The number of hydrogen-bond donors (Lipinski definition) is 1. The van der Waals surface area contributed by atoms with Crippen LogP contribution in [0.5, 0.6) is 5.75 Å². The molecule has 1 unspecified atom stereocenters. The highest BCUT2D eigenvalue weighted by molar-refractivity contribution is 5.90. The van der Waals surface area contributed by atoms with Crippen molar-refractivity contribution in [3.05, 3.63) is 29.3 Å². The molecule has 1 fully saturated rings. The normalized spacial score (nSPS) is 30.0. The van der Waals surface area contributed by atoms with Gasteiger partial charge in [-0.2, -0.15) is 0 Å². The second kappa shape index (κ2) is 6.52. The minimum absolute atomic E-state index is 0.0919. The van der Waals surface area contributed by atoms with E-state index in [1.807, 2.05) is 12.1 Å². The summed E-state index contributed by atoms with van der Waals surface area (Å²) in [6, 6.07) is 5.68. The fraction of sp³-hybridized carbons (Fsp3) is 0.632. The van der Waals surface area contributed by atoms with Crippen LogP contribution in [0.15, 0.2) is 18.2 Å². The predicted octanol–water partition coefficient (Wildman–Crippen LogP) is 3.18. The van der Waals surface area contributed by atoms with Crippen molar-refractivity contribution < 1.29 is 14.3 Å². The van der Waals surface area contributed by atoms with Crippen molar-refractivity contribution in [2.75, 3.05) is 6.61 Å². The Labute approximate surface area is 138 Å². The van der Waals surface area contributed by atoms with E-state index in [0.29, 0.717) is 29.9 Å². The third-order valence-electron chi connectivity index (χ3n) is 5.25. The molecule has 3 rings (SSSR count). The van der Waals surface area contributed by atoms with Crippen molar-refractivity contribution in [3.8, 4) is 5.75 Å². The first kappa shape index (κ1) is 16.3. The van der Waals surface area contributed by atoms with Gasteiger partial charge in [0.25, 0.3) is 0 Å². The van der Waals surface area contributed by atoms with Gasteiger partial charge >= 0.3 is 5.97 Å². The molecular formula is C19H27NO3. The lowest BCUT2D eigenvalue weighted by atomic mass is 9.71. The molecule has 1 saturated carbocycles. The van der Waals surface area contributed by atoms with Gasteiger partial charge in [-0.15, -0.1) is 0 Å². The smallest absolute Gasteiger partial charge is 0.338 e. The molecule has 0 saturated heterocycles. The van der Waals surface area contributed by atoms with E-state index in [1.165, 1.54) is 0 Å². The summed E-state index contributed by atoms with van der Waals surface area (Å²) in [6.45, 7) is 7.31. The van der Waals surface area contributed by atoms with Crippen LogP contribution in [0.3, 0.4) is 0 Å². The molecule has 0 aromatic heterocycles. The first-order valence-electron chi connectivity index (χ1n) is 8.68. The second-order valence-electron chi connectivity index (χ2n) is 7.39. The lowest BCUT2D eigenvalue weighted by molar-refractivity contribution is -0.0284.